The molecule has 2 atom stereocenters. The maximum absolute atomic E-state index is 6.42. The molecule has 1 fully saturated rings. The van der Waals surface area contributed by atoms with Crippen LogP contribution in [-0.2, 0) is 0 Å². The van der Waals surface area contributed by atoms with Gasteiger partial charge in [-0.15, -0.1) is 0 Å². The zero-order chi connectivity index (χ0) is 14.7. The minimum Gasteiger partial charge on any atom is -0.314 e. The van der Waals surface area contributed by atoms with Gasteiger partial charge in [0.25, 0.3) is 0 Å². The van der Waals surface area contributed by atoms with Crippen molar-refractivity contribution in [3.8, 4) is 0 Å². The van der Waals surface area contributed by atoms with Crippen LogP contribution < -0.4 is 5.32 Å². The topological polar surface area (TPSA) is 15.3 Å². The molecule has 2 unspecified atom stereocenters. The summed E-state index contributed by atoms with van der Waals surface area (Å²) >= 11 is 12.4. The highest BCUT2D eigenvalue weighted by Gasteiger charge is 2.31. The van der Waals surface area contributed by atoms with Crippen molar-refractivity contribution in [2.75, 3.05) is 20.1 Å². The third kappa shape index (κ3) is 3.88. The van der Waals surface area contributed by atoms with Crippen LogP contribution in [-0.4, -0.2) is 31.1 Å². The number of nitrogens with one attached hydrogen (secondary N) is 1. The Morgan fingerprint density at radius 2 is 2.10 bits per heavy atom. The van der Waals surface area contributed by atoms with E-state index in [1.54, 1.807) is 0 Å². The maximum atomic E-state index is 6.42. The Morgan fingerprint density at radius 1 is 1.35 bits per heavy atom. The van der Waals surface area contributed by atoms with Crippen LogP contribution >= 0.6 is 23.2 Å². The number of benzene rings is 1. The van der Waals surface area contributed by atoms with E-state index in [9.17, 15) is 0 Å². The van der Waals surface area contributed by atoms with Crippen molar-refractivity contribution >= 4 is 23.2 Å². The molecule has 0 amide bonds. The zero-order valence-electron chi connectivity index (χ0n) is 12.5. The van der Waals surface area contributed by atoms with Gasteiger partial charge < -0.3 is 5.32 Å². The summed E-state index contributed by atoms with van der Waals surface area (Å²) in [7, 11) is 2.19. The van der Waals surface area contributed by atoms with Crippen molar-refractivity contribution < 1.29 is 0 Å². The van der Waals surface area contributed by atoms with Crippen LogP contribution in [0.2, 0.25) is 10.0 Å². The lowest BCUT2D eigenvalue weighted by Crippen LogP contribution is -2.41. The molecule has 4 heteroatoms. The van der Waals surface area contributed by atoms with Crippen LogP contribution in [0, 0.1) is 5.92 Å². The monoisotopic (exact) mass is 314 g/mol. The van der Waals surface area contributed by atoms with E-state index in [2.05, 4.69) is 37.2 Å². The van der Waals surface area contributed by atoms with E-state index in [0.717, 1.165) is 18.1 Å². The van der Waals surface area contributed by atoms with Crippen molar-refractivity contribution in [2.24, 2.45) is 5.92 Å². The first-order valence-electron chi connectivity index (χ1n) is 7.37. The van der Waals surface area contributed by atoms with E-state index in [1.165, 1.54) is 18.4 Å². The van der Waals surface area contributed by atoms with Crippen molar-refractivity contribution in [3.05, 3.63) is 33.8 Å². The molecule has 0 aliphatic carbocycles. The van der Waals surface area contributed by atoms with E-state index >= 15 is 0 Å². The Kier molecular flexibility index (Phi) is 5.74. The number of rotatable bonds is 4. The highest BCUT2D eigenvalue weighted by molar-refractivity contribution is 6.35. The summed E-state index contributed by atoms with van der Waals surface area (Å²) < 4.78 is 0. The van der Waals surface area contributed by atoms with Gasteiger partial charge in [-0.3, -0.25) is 4.90 Å². The van der Waals surface area contributed by atoms with Gasteiger partial charge >= 0.3 is 0 Å². The number of hydrogen-bond donors (Lipinski definition) is 1. The largest absolute Gasteiger partial charge is 0.314 e. The maximum Gasteiger partial charge on any atom is 0.0468 e. The van der Waals surface area contributed by atoms with Crippen LogP contribution in [0.4, 0.5) is 0 Å². The second kappa shape index (κ2) is 7.13. The lowest BCUT2D eigenvalue weighted by molar-refractivity contribution is 0.118. The molecule has 1 aliphatic heterocycles. The Balaban J connectivity index is 2.22. The summed E-state index contributed by atoms with van der Waals surface area (Å²) in [5.41, 5.74) is 1.20. The van der Waals surface area contributed by atoms with Crippen molar-refractivity contribution in [1.82, 2.24) is 10.2 Å². The molecule has 0 saturated carbocycles. The Bertz CT molecular complexity index is 448. The van der Waals surface area contributed by atoms with Gasteiger partial charge in [-0.2, -0.15) is 0 Å². The van der Waals surface area contributed by atoms with Crippen molar-refractivity contribution in [3.63, 3.8) is 0 Å². The molecule has 0 radical (unpaired) electrons. The molecule has 0 bridgehead atoms. The van der Waals surface area contributed by atoms with Gasteiger partial charge in [-0.1, -0.05) is 43.1 Å². The zero-order valence-corrected chi connectivity index (χ0v) is 14.0. The van der Waals surface area contributed by atoms with Gasteiger partial charge in [0.1, 0.15) is 0 Å². The highest BCUT2D eigenvalue weighted by Crippen LogP contribution is 2.38. The molecule has 1 aromatic carbocycles. The normalized spacial score (nSPS) is 24.3. The third-order valence-corrected chi connectivity index (χ3v) is 4.64. The molecule has 0 spiro atoms. The fourth-order valence-corrected chi connectivity index (χ4v) is 3.61. The van der Waals surface area contributed by atoms with Crippen LogP contribution in [0.15, 0.2) is 18.2 Å². The number of likely N-dealkylation sites (tertiary alicyclic amines) is 1. The standard InChI is InChI=1S/C16H24Cl2N2/c1-11(2)19-10-12-5-4-8-20(3)16(12)14-7-6-13(17)9-15(14)18/h6-7,9,11-12,16,19H,4-5,8,10H2,1-3H3. The molecule has 1 aromatic rings. The van der Waals surface area contributed by atoms with E-state index < -0.39 is 0 Å². The van der Waals surface area contributed by atoms with Crippen LogP contribution in [0.25, 0.3) is 0 Å². The molecule has 20 heavy (non-hydrogen) atoms. The minimum absolute atomic E-state index is 0.375. The van der Waals surface area contributed by atoms with Gasteiger partial charge in [0.15, 0.2) is 0 Å². The number of hydrogen-bond acceptors (Lipinski definition) is 2. The molecule has 1 aliphatic rings. The SMILES string of the molecule is CC(C)NCC1CCCN(C)C1c1ccc(Cl)cc1Cl. The van der Waals surface area contributed by atoms with Crippen molar-refractivity contribution in [1.29, 1.82) is 0 Å². The highest BCUT2D eigenvalue weighted by atomic mass is 35.5. The van der Waals surface area contributed by atoms with Crippen molar-refractivity contribution in [2.45, 2.75) is 38.8 Å². The van der Waals surface area contributed by atoms with E-state index in [4.69, 9.17) is 23.2 Å². The van der Waals surface area contributed by atoms with Crippen LogP contribution in [0.1, 0.15) is 38.3 Å². The predicted molar refractivity (Wildman–Crippen MR) is 87.7 cm³/mol. The summed E-state index contributed by atoms with van der Waals surface area (Å²) in [6, 6.07) is 6.77. The van der Waals surface area contributed by atoms with Crippen LogP contribution in [0.3, 0.4) is 0 Å². The number of halogens is 2. The molecule has 2 rings (SSSR count). The quantitative estimate of drug-likeness (QED) is 0.887. The van der Waals surface area contributed by atoms with Gasteiger partial charge in [0.2, 0.25) is 0 Å². The Hall–Kier alpha value is -0.280. The number of piperidine rings is 1. The summed E-state index contributed by atoms with van der Waals surface area (Å²) in [5, 5.41) is 5.06. The van der Waals surface area contributed by atoms with Gasteiger partial charge in [-0.25, -0.2) is 0 Å². The molecule has 112 valence electrons. The van der Waals surface area contributed by atoms with E-state index in [-0.39, 0.29) is 0 Å². The molecule has 2 nitrogen and oxygen atoms in total. The smallest absolute Gasteiger partial charge is 0.0468 e. The summed E-state index contributed by atoms with van der Waals surface area (Å²) in [6.07, 6.45) is 2.50. The van der Waals surface area contributed by atoms with Crippen LogP contribution in [0.5, 0.6) is 0 Å². The average Bonchev–Trinajstić information content (AvgIpc) is 2.37. The fourth-order valence-electron chi connectivity index (χ4n) is 3.09. The molecule has 1 heterocycles. The first-order valence-corrected chi connectivity index (χ1v) is 8.13. The average molecular weight is 315 g/mol. The lowest BCUT2D eigenvalue weighted by Gasteiger charge is -2.40. The lowest BCUT2D eigenvalue weighted by atomic mass is 9.84. The third-order valence-electron chi connectivity index (χ3n) is 4.08. The minimum atomic E-state index is 0.375. The first kappa shape index (κ1) is 16.1. The fraction of sp³-hybridized carbons (Fsp3) is 0.625. The second-order valence-corrected chi connectivity index (χ2v) is 6.90. The summed E-state index contributed by atoms with van der Waals surface area (Å²) in [4.78, 5) is 2.42. The Labute approximate surface area is 132 Å². The molecule has 1 saturated heterocycles. The molecular formula is C16H24Cl2N2. The van der Waals surface area contributed by atoms with E-state index in [1.807, 2.05) is 12.1 Å². The molecule has 1 N–H and O–H groups in total. The van der Waals surface area contributed by atoms with Gasteiger partial charge in [-0.05, 0) is 50.0 Å². The van der Waals surface area contributed by atoms with E-state index in [0.29, 0.717) is 23.0 Å². The second-order valence-electron chi connectivity index (χ2n) is 6.06. The Morgan fingerprint density at radius 3 is 2.75 bits per heavy atom. The first-order chi connectivity index (χ1) is 9.49. The number of nitrogens with zero attached hydrogens (tertiary/aromatic N) is 1. The summed E-state index contributed by atoms with van der Waals surface area (Å²) in [6.45, 7) is 6.54. The van der Waals surface area contributed by atoms with Gasteiger partial charge in [0, 0.05) is 28.7 Å². The van der Waals surface area contributed by atoms with Gasteiger partial charge in [0.05, 0.1) is 0 Å². The molecular weight excluding hydrogens is 291 g/mol. The summed E-state index contributed by atoms with van der Waals surface area (Å²) in [5.74, 6) is 0.592. The predicted octanol–water partition coefficient (Wildman–Crippen LogP) is 4.37. The molecule has 0 aromatic heterocycles.